The molecule has 6 rings (SSSR count). The molecule has 1 heterocycles. The van der Waals surface area contributed by atoms with Crippen molar-refractivity contribution >= 4 is 12.0 Å². The Kier molecular flexibility index (Phi) is 4.96. The summed E-state index contributed by atoms with van der Waals surface area (Å²) in [5, 5.41) is 6.11. The van der Waals surface area contributed by atoms with Gasteiger partial charge in [-0.05, 0) is 55.1 Å². The first-order valence-electron chi connectivity index (χ1n) is 11.1. The molecule has 0 radical (unpaired) electrons. The highest BCUT2D eigenvalue weighted by Crippen LogP contribution is 2.58. The summed E-state index contributed by atoms with van der Waals surface area (Å²) in [6.07, 6.45) is 5.23. The molecule has 30 heavy (non-hydrogen) atoms. The number of hydrogen-bond donors (Lipinski definition) is 2. The first kappa shape index (κ1) is 19.8. The maximum absolute atomic E-state index is 12.9. The Morgan fingerprint density at radius 1 is 1.10 bits per heavy atom. The molecule has 0 aromatic heterocycles. The summed E-state index contributed by atoms with van der Waals surface area (Å²) in [4.78, 5) is 27.0. The minimum absolute atomic E-state index is 0.0160. The highest BCUT2D eigenvalue weighted by molar-refractivity contribution is 5.79. The Labute approximate surface area is 176 Å². The summed E-state index contributed by atoms with van der Waals surface area (Å²) in [7, 11) is 0. The van der Waals surface area contributed by atoms with Crippen molar-refractivity contribution in [1.29, 1.82) is 0 Å². The first-order valence-corrected chi connectivity index (χ1v) is 11.1. The maximum atomic E-state index is 12.9. The maximum Gasteiger partial charge on any atom is 0.407 e. The van der Waals surface area contributed by atoms with Gasteiger partial charge in [-0.3, -0.25) is 4.79 Å². The molecule has 2 unspecified atom stereocenters. The highest BCUT2D eigenvalue weighted by atomic mass is 19.1. The van der Waals surface area contributed by atoms with Gasteiger partial charge < -0.3 is 20.3 Å². The lowest BCUT2D eigenvalue weighted by atomic mass is 9.51. The van der Waals surface area contributed by atoms with Crippen LogP contribution in [0.1, 0.15) is 49.7 Å². The van der Waals surface area contributed by atoms with Crippen LogP contribution in [0.25, 0.3) is 0 Å². The van der Waals surface area contributed by atoms with E-state index in [-0.39, 0.29) is 18.0 Å². The van der Waals surface area contributed by atoms with Gasteiger partial charge in [0.2, 0.25) is 5.91 Å². The van der Waals surface area contributed by atoms with Crippen LogP contribution in [-0.2, 0) is 22.6 Å². The second-order valence-corrected chi connectivity index (χ2v) is 9.80. The van der Waals surface area contributed by atoms with Crippen molar-refractivity contribution < 1.29 is 18.7 Å². The van der Waals surface area contributed by atoms with E-state index in [2.05, 4.69) is 22.8 Å². The Morgan fingerprint density at radius 3 is 2.40 bits per heavy atom. The van der Waals surface area contributed by atoms with Crippen LogP contribution in [0.4, 0.5) is 9.18 Å². The number of nitrogens with one attached hydrogen (secondary N) is 2. The SMILES string of the molecule is O=C(NCCF)OC12CC3CC(CC(NCC(=O)N4Cc5ccccc5C4)(C3)C1)C2. The molecule has 7 heteroatoms. The molecule has 1 aliphatic heterocycles. The number of fused-ring (bicyclic) bond motifs is 1. The number of benzene rings is 1. The standard InChI is InChI=1S/C23H30FN3O3/c24-5-6-25-21(29)30-23-10-16-7-17(11-23)9-22(8-16,15-23)26-12-20(28)27-13-18-3-1-2-4-19(18)14-27/h1-4,16-17,26H,5-15H2,(H,25,29). The number of alkyl carbamates (subject to hydrolysis) is 1. The van der Waals surface area contributed by atoms with Gasteiger partial charge in [0.25, 0.3) is 0 Å². The average Bonchev–Trinajstić information content (AvgIpc) is 3.13. The molecule has 4 fully saturated rings. The van der Waals surface area contributed by atoms with Crippen LogP contribution in [0.3, 0.4) is 0 Å². The van der Waals surface area contributed by atoms with E-state index in [0.29, 0.717) is 31.5 Å². The second kappa shape index (κ2) is 7.52. The van der Waals surface area contributed by atoms with Crippen LogP contribution in [0.5, 0.6) is 0 Å². The quantitative estimate of drug-likeness (QED) is 0.750. The zero-order chi connectivity index (χ0) is 20.8. The van der Waals surface area contributed by atoms with Crippen molar-refractivity contribution in [2.45, 2.75) is 62.8 Å². The summed E-state index contributed by atoms with van der Waals surface area (Å²) in [6.45, 7) is 1.06. The third kappa shape index (κ3) is 3.68. The Hall–Kier alpha value is -2.15. The van der Waals surface area contributed by atoms with E-state index in [4.69, 9.17) is 4.74 Å². The van der Waals surface area contributed by atoms with Gasteiger partial charge in [-0.15, -0.1) is 0 Å². The molecular formula is C23H30FN3O3. The molecule has 1 aromatic rings. The van der Waals surface area contributed by atoms with Gasteiger partial charge in [0, 0.05) is 31.6 Å². The summed E-state index contributed by atoms with van der Waals surface area (Å²) in [5.74, 6) is 1.15. The number of ether oxygens (including phenoxy) is 1. The van der Waals surface area contributed by atoms with Crippen molar-refractivity contribution in [2.75, 3.05) is 19.8 Å². The van der Waals surface area contributed by atoms with Gasteiger partial charge in [0.1, 0.15) is 12.3 Å². The number of carbonyl (C=O) groups excluding carboxylic acids is 2. The van der Waals surface area contributed by atoms with Gasteiger partial charge in [-0.1, -0.05) is 24.3 Å². The zero-order valence-corrected chi connectivity index (χ0v) is 17.3. The van der Waals surface area contributed by atoms with Crippen LogP contribution in [0, 0.1) is 11.8 Å². The molecular weight excluding hydrogens is 385 g/mol. The minimum atomic E-state index is -0.596. The normalized spacial score (nSPS) is 33.4. The van der Waals surface area contributed by atoms with Crippen molar-refractivity contribution in [3.05, 3.63) is 35.4 Å². The molecule has 5 aliphatic rings. The van der Waals surface area contributed by atoms with Crippen molar-refractivity contribution in [3.8, 4) is 0 Å². The Morgan fingerprint density at radius 2 is 1.77 bits per heavy atom. The van der Waals surface area contributed by atoms with E-state index in [1.165, 1.54) is 17.5 Å². The molecule has 6 nitrogen and oxygen atoms in total. The summed E-state index contributed by atoms with van der Waals surface area (Å²) in [6, 6.07) is 8.21. The monoisotopic (exact) mass is 415 g/mol. The van der Waals surface area contributed by atoms with Crippen LogP contribution < -0.4 is 10.6 Å². The molecule has 4 saturated carbocycles. The molecule has 0 spiro atoms. The van der Waals surface area contributed by atoms with Gasteiger partial charge in [0.15, 0.2) is 0 Å². The van der Waals surface area contributed by atoms with Gasteiger partial charge >= 0.3 is 6.09 Å². The van der Waals surface area contributed by atoms with Crippen LogP contribution in [-0.4, -0.2) is 47.8 Å². The predicted octanol–water partition coefficient (Wildman–Crippen LogP) is 2.91. The summed E-state index contributed by atoms with van der Waals surface area (Å²) >= 11 is 0. The van der Waals surface area contributed by atoms with E-state index < -0.39 is 18.4 Å². The lowest BCUT2D eigenvalue weighted by Gasteiger charge is -2.61. The van der Waals surface area contributed by atoms with E-state index in [9.17, 15) is 14.0 Å². The molecule has 1 aromatic carbocycles. The molecule has 4 bridgehead atoms. The third-order valence-electron chi connectivity index (χ3n) is 7.49. The van der Waals surface area contributed by atoms with Crippen molar-refractivity contribution in [3.63, 3.8) is 0 Å². The zero-order valence-electron chi connectivity index (χ0n) is 17.3. The van der Waals surface area contributed by atoms with Gasteiger partial charge in [0.05, 0.1) is 6.54 Å². The lowest BCUT2D eigenvalue weighted by Crippen LogP contribution is -2.66. The fourth-order valence-corrected chi connectivity index (χ4v) is 6.77. The summed E-state index contributed by atoms with van der Waals surface area (Å²) < 4.78 is 18.3. The molecule has 162 valence electrons. The fourth-order valence-electron chi connectivity index (χ4n) is 6.77. The van der Waals surface area contributed by atoms with E-state index in [1.807, 2.05) is 17.0 Å². The van der Waals surface area contributed by atoms with E-state index >= 15 is 0 Å². The molecule has 4 aliphatic carbocycles. The summed E-state index contributed by atoms with van der Waals surface area (Å²) in [5.41, 5.74) is 1.83. The Bertz CT molecular complexity index is 806. The molecule has 2 N–H and O–H groups in total. The number of halogens is 1. The molecule has 2 amide bonds. The minimum Gasteiger partial charge on any atom is -0.443 e. The highest BCUT2D eigenvalue weighted by Gasteiger charge is 2.59. The number of amides is 2. The molecule has 2 atom stereocenters. The number of carbonyl (C=O) groups is 2. The predicted molar refractivity (Wildman–Crippen MR) is 109 cm³/mol. The third-order valence-corrected chi connectivity index (χ3v) is 7.49. The van der Waals surface area contributed by atoms with E-state index in [1.54, 1.807) is 0 Å². The lowest BCUT2D eigenvalue weighted by molar-refractivity contribution is -0.148. The van der Waals surface area contributed by atoms with Crippen LogP contribution in [0.15, 0.2) is 24.3 Å². The van der Waals surface area contributed by atoms with Crippen molar-refractivity contribution in [2.24, 2.45) is 11.8 Å². The van der Waals surface area contributed by atoms with Gasteiger partial charge in [-0.2, -0.15) is 0 Å². The number of alkyl halides is 1. The fraction of sp³-hybridized carbons (Fsp3) is 0.652. The number of nitrogens with zero attached hydrogens (tertiary/aromatic N) is 1. The van der Waals surface area contributed by atoms with Gasteiger partial charge in [-0.25, -0.2) is 9.18 Å². The smallest absolute Gasteiger partial charge is 0.407 e. The van der Waals surface area contributed by atoms with E-state index in [0.717, 1.165) is 32.1 Å². The first-order chi connectivity index (χ1) is 14.5. The second-order valence-electron chi connectivity index (χ2n) is 9.80. The Balaban J connectivity index is 1.23. The topological polar surface area (TPSA) is 70.7 Å². The number of hydrogen-bond acceptors (Lipinski definition) is 4. The van der Waals surface area contributed by atoms with Crippen LogP contribution in [0.2, 0.25) is 0 Å². The average molecular weight is 416 g/mol. The van der Waals surface area contributed by atoms with Crippen molar-refractivity contribution in [1.82, 2.24) is 15.5 Å². The molecule has 0 saturated heterocycles. The number of rotatable bonds is 6. The van der Waals surface area contributed by atoms with Crippen LogP contribution >= 0.6 is 0 Å². The largest absolute Gasteiger partial charge is 0.443 e.